The fourth-order valence-corrected chi connectivity index (χ4v) is 3.45. The summed E-state index contributed by atoms with van der Waals surface area (Å²) in [5, 5.41) is 0. The number of hydrogen-bond donors (Lipinski definition) is 0. The first kappa shape index (κ1) is 13.1. The summed E-state index contributed by atoms with van der Waals surface area (Å²) in [6.07, 6.45) is 10.4. The molecule has 0 radical (unpaired) electrons. The molecule has 0 aliphatic heterocycles. The molecular formula is C15H30. The first-order chi connectivity index (χ1) is 7.13. The van der Waals surface area contributed by atoms with Crippen molar-refractivity contribution in [3.63, 3.8) is 0 Å². The van der Waals surface area contributed by atoms with E-state index < -0.39 is 0 Å². The lowest BCUT2D eigenvalue weighted by Crippen LogP contribution is -2.09. The van der Waals surface area contributed by atoms with Crippen molar-refractivity contribution in [1.29, 1.82) is 0 Å². The van der Waals surface area contributed by atoms with Crippen LogP contribution in [-0.2, 0) is 0 Å². The largest absolute Gasteiger partial charge is 0.0651 e. The van der Waals surface area contributed by atoms with E-state index in [4.69, 9.17) is 0 Å². The van der Waals surface area contributed by atoms with Crippen LogP contribution in [-0.4, -0.2) is 0 Å². The Kier molecular flexibility index (Phi) is 5.71. The zero-order chi connectivity index (χ0) is 11.3. The first-order valence-corrected chi connectivity index (χ1v) is 7.13. The van der Waals surface area contributed by atoms with E-state index in [-0.39, 0.29) is 0 Å². The number of hydrogen-bond acceptors (Lipinski definition) is 0. The molecule has 90 valence electrons. The Bertz CT molecular complexity index is 159. The van der Waals surface area contributed by atoms with Crippen LogP contribution in [0.2, 0.25) is 0 Å². The lowest BCUT2D eigenvalue weighted by atomic mass is 9.85. The van der Waals surface area contributed by atoms with Gasteiger partial charge in [0, 0.05) is 0 Å². The standard InChI is InChI=1S/C15H30/c1-5-14-7-6-8-15(14)10-9-13(4)11-12(2)3/h12-15H,5-11H2,1-4H3. The van der Waals surface area contributed by atoms with Crippen molar-refractivity contribution in [2.45, 2.75) is 72.6 Å². The van der Waals surface area contributed by atoms with Gasteiger partial charge in [0.2, 0.25) is 0 Å². The smallest absolute Gasteiger partial charge is 0.0386 e. The highest BCUT2D eigenvalue weighted by Crippen LogP contribution is 2.37. The third kappa shape index (κ3) is 4.57. The van der Waals surface area contributed by atoms with Gasteiger partial charge < -0.3 is 0 Å². The Morgan fingerprint density at radius 1 is 1.07 bits per heavy atom. The van der Waals surface area contributed by atoms with Crippen molar-refractivity contribution >= 4 is 0 Å². The van der Waals surface area contributed by atoms with E-state index in [9.17, 15) is 0 Å². The Morgan fingerprint density at radius 3 is 2.33 bits per heavy atom. The molecule has 0 heterocycles. The lowest BCUT2D eigenvalue weighted by Gasteiger charge is -2.20. The molecule has 0 bridgehead atoms. The minimum Gasteiger partial charge on any atom is -0.0651 e. The maximum absolute atomic E-state index is 2.44. The maximum atomic E-state index is 2.44. The van der Waals surface area contributed by atoms with Crippen LogP contribution < -0.4 is 0 Å². The van der Waals surface area contributed by atoms with Gasteiger partial charge in [-0.3, -0.25) is 0 Å². The molecule has 0 spiro atoms. The van der Waals surface area contributed by atoms with Gasteiger partial charge >= 0.3 is 0 Å². The van der Waals surface area contributed by atoms with Gasteiger partial charge in [-0.15, -0.1) is 0 Å². The van der Waals surface area contributed by atoms with Gasteiger partial charge in [-0.1, -0.05) is 59.8 Å². The van der Waals surface area contributed by atoms with Gasteiger partial charge in [0.15, 0.2) is 0 Å². The van der Waals surface area contributed by atoms with E-state index in [1.165, 1.54) is 44.9 Å². The molecule has 0 saturated heterocycles. The Hall–Kier alpha value is 0. The second-order valence-electron chi connectivity index (χ2n) is 6.17. The van der Waals surface area contributed by atoms with Crippen molar-refractivity contribution in [3.8, 4) is 0 Å². The zero-order valence-corrected chi connectivity index (χ0v) is 11.3. The Morgan fingerprint density at radius 2 is 1.73 bits per heavy atom. The number of rotatable bonds is 6. The molecule has 0 aromatic rings. The molecule has 1 saturated carbocycles. The summed E-state index contributed by atoms with van der Waals surface area (Å²) in [5.41, 5.74) is 0. The third-order valence-corrected chi connectivity index (χ3v) is 4.24. The summed E-state index contributed by atoms with van der Waals surface area (Å²) in [4.78, 5) is 0. The van der Waals surface area contributed by atoms with Gasteiger partial charge in [-0.25, -0.2) is 0 Å². The molecule has 0 nitrogen and oxygen atoms in total. The quantitative estimate of drug-likeness (QED) is 0.560. The average molecular weight is 210 g/mol. The lowest BCUT2D eigenvalue weighted by molar-refractivity contribution is 0.307. The predicted molar refractivity (Wildman–Crippen MR) is 69.0 cm³/mol. The highest BCUT2D eigenvalue weighted by atomic mass is 14.3. The fraction of sp³-hybridized carbons (Fsp3) is 1.00. The topological polar surface area (TPSA) is 0 Å². The average Bonchev–Trinajstić information content (AvgIpc) is 2.60. The highest BCUT2D eigenvalue weighted by molar-refractivity contribution is 4.77. The van der Waals surface area contributed by atoms with Crippen molar-refractivity contribution in [2.75, 3.05) is 0 Å². The SMILES string of the molecule is CCC1CCCC1CCC(C)CC(C)C. The molecule has 0 N–H and O–H groups in total. The van der Waals surface area contributed by atoms with E-state index in [0.717, 1.165) is 23.7 Å². The molecule has 3 unspecified atom stereocenters. The van der Waals surface area contributed by atoms with E-state index >= 15 is 0 Å². The summed E-state index contributed by atoms with van der Waals surface area (Å²) in [5.74, 6) is 3.97. The summed E-state index contributed by atoms with van der Waals surface area (Å²) in [6.45, 7) is 9.51. The first-order valence-electron chi connectivity index (χ1n) is 7.13. The molecule has 1 aliphatic carbocycles. The monoisotopic (exact) mass is 210 g/mol. The molecule has 1 rings (SSSR count). The zero-order valence-electron chi connectivity index (χ0n) is 11.3. The van der Waals surface area contributed by atoms with Crippen LogP contribution in [0.1, 0.15) is 72.6 Å². The van der Waals surface area contributed by atoms with Crippen LogP contribution in [0.3, 0.4) is 0 Å². The summed E-state index contributed by atoms with van der Waals surface area (Å²) in [7, 11) is 0. The van der Waals surface area contributed by atoms with Crippen molar-refractivity contribution in [3.05, 3.63) is 0 Å². The molecular weight excluding hydrogens is 180 g/mol. The molecule has 0 aromatic carbocycles. The van der Waals surface area contributed by atoms with Crippen molar-refractivity contribution < 1.29 is 0 Å². The maximum Gasteiger partial charge on any atom is -0.0386 e. The predicted octanol–water partition coefficient (Wildman–Crippen LogP) is 5.28. The van der Waals surface area contributed by atoms with Gasteiger partial charge in [0.25, 0.3) is 0 Å². The molecule has 15 heavy (non-hydrogen) atoms. The van der Waals surface area contributed by atoms with Crippen molar-refractivity contribution in [2.24, 2.45) is 23.7 Å². The second-order valence-corrected chi connectivity index (χ2v) is 6.17. The Balaban J connectivity index is 2.18. The third-order valence-electron chi connectivity index (χ3n) is 4.24. The van der Waals surface area contributed by atoms with Crippen LogP contribution in [0.15, 0.2) is 0 Å². The summed E-state index contributed by atoms with van der Waals surface area (Å²) >= 11 is 0. The normalized spacial score (nSPS) is 28.6. The minimum absolute atomic E-state index is 0.880. The highest BCUT2D eigenvalue weighted by Gasteiger charge is 2.25. The molecule has 3 atom stereocenters. The Labute approximate surface area is 96.8 Å². The van der Waals surface area contributed by atoms with Gasteiger partial charge in [-0.05, 0) is 36.5 Å². The van der Waals surface area contributed by atoms with Gasteiger partial charge in [0.05, 0.1) is 0 Å². The molecule has 1 fully saturated rings. The van der Waals surface area contributed by atoms with E-state index in [2.05, 4.69) is 27.7 Å². The van der Waals surface area contributed by atoms with Crippen LogP contribution in [0.4, 0.5) is 0 Å². The van der Waals surface area contributed by atoms with E-state index in [1.807, 2.05) is 0 Å². The molecule has 1 aliphatic rings. The van der Waals surface area contributed by atoms with Gasteiger partial charge in [-0.2, -0.15) is 0 Å². The van der Waals surface area contributed by atoms with Crippen LogP contribution in [0.5, 0.6) is 0 Å². The molecule has 0 aromatic heterocycles. The van der Waals surface area contributed by atoms with Crippen molar-refractivity contribution in [1.82, 2.24) is 0 Å². The molecule has 0 heteroatoms. The van der Waals surface area contributed by atoms with Crippen LogP contribution in [0.25, 0.3) is 0 Å². The summed E-state index contributed by atoms with van der Waals surface area (Å²) < 4.78 is 0. The van der Waals surface area contributed by atoms with Gasteiger partial charge in [0.1, 0.15) is 0 Å². The van der Waals surface area contributed by atoms with Crippen LogP contribution in [0, 0.1) is 23.7 Å². The minimum atomic E-state index is 0.880. The van der Waals surface area contributed by atoms with Crippen LogP contribution >= 0.6 is 0 Å². The van der Waals surface area contributed by atoms with E-state index in [0.29, 0.717) is 0 Å². The van der Waals surface area contributed by atoms with E-state index in [1.54, 1.807) is 0 Å². The molecule has 0 amide bonds. The second kappa shape index (κ2) is 6.55. The summed E-state index contributed by atoms with van der Waals surface area (Å²) in [6, 6.07) is 0. The fourth-order valence-electron chi connectivity index (χ4n) is 3.45.